The predicted octanol–water partition coefficient (Wildman–Crippen LogP) is 0.946. The second kappa shape index (κ2) is 6.54. The Morgan fingerprint density at radius 2 is 1.89 bits per heavy atom. The van der Waals surface area contributed by atoms with Crippen molar-refractivity contribution in [1.29, 1.82) is 0 Å². The number of rotatable bonds is 6. The molecule has 1 rings (SSSR count). The van der Waals surface area contributed by atoms with Crippen LogP contribution in [0.15, 0.2) is 30.3 Å². The van der Waals surface area contributed by atoms with E-state index in [1.807, 2.05) is 30.3 Å². The van der Waals surface area contributed by atoms with Gasteiger partial charge in [-0.1, -0.05) is 30.3 Å². The van der Waals surface area contributed by atoms with Gasteiger partial charge in [-0.05, 0) is 12.5 Å². The van der Waals surface area contributed by atoms with E-state index in [0.29, 0.717) is 12.7 Å². The Morgan fingerprint density at radius 3 is 2.33 bits per heavy atom. The van der Waals surface area contributed by atoms with Crippen LogP contribution in [0.3, 0.4) is 0 Å². The number of carbonyl (C=O) groups excluding carboxylic acids is 3. The minimum absolute atomic E-state index is 0.391. The number of carbonyl (C=O) groups is 3. The highest BCUT2D eigenvalue weighted by atomic mass is 16.5. The van der Waals surface area contributed by atoms with Gasteiger partial charge in [-0.3, -0.25) is 4.79 Å². The van der Waals surface area contributed by atoms with Gasteiger partial charge in [0.1, 0.15) is 0 Å². The van der Waals surface area contributed by atoms with Gasteiger partial charge in [0.15, 0.2) is 12.3 Å². The Morgan fingerprint density at radius 1 is 1.28 bits per heavy atom. The van der Waals surface area contributed by atoms with Crippen molar-refractivity contribution >= 4 is 18.7 Å². The number of hydrogen-bond acceptors (Lipinski definition) is 4. The molecule has 0 saturated heterocycles. The molecule has 0 aliphatic rings. The quantitative estimate of drug-likeness (QED) is 0.427. The molecule has 1 aromatic rings. The van der Waals surface area contributed by atoms with Crippen molar-refractivity contribution in [1.82, 2.24) is 4.90 Å². The number of methoxy groups -OCH3 is 1. The predicted molar refractivity (Wildman–Crippen MR) is 64.6 cm³/mol. The van der Waals surface area contributed by atoms with E-state index in [-0.39, 0.29) is 0 Å². The van der Waals surface area contributed by atoms with Crippen molar-refractivity contribution in [3.8, 4) is 0 Å². The van der Waals surface area contributed by atoms with Gasteiger partial charge in [0.05, 0.1) is 13.2 Å². The molecule has 2 atom stereocenters. The average Bonchev–Trinajstić information content (AvgIpc) is 2.44. The molecule has 0 bridgehead atoms. The highest BCUT2D eigenvalue weighted by molar-refractivity contribution is 5.94. The number of esters is 1. The molecule has 0 N–H and O–H groups in total. The lowest BCUT2D eigenvalue weighted by Gasteiger charge is -2.28. The van der Waals surface area contributed by atoms with Crippen LogP contribution < -0.4 is 0 Å². The highest BCUT2D eigenvalue weighted by Crippen LogP contribution is 2.20. The van der Waals surface area contributed by atoms with Crippen LogP contribution in [0.5, 0.6) is 0 Å². The number of hydrogen-bond donors (Lipinski definition) is 0. The molecule has 0 saturated carbocycles. The SMILES string of the molecule is COC(=O)C(C=O)N(C=O)C(C)c1ccccc1. The summed E-state index contributed by atoms with van der Waals surface area (Å²) in [5, 5.41) is 0. The van der Waals surface area contributed by atoms with E-state index in [4.69, 9.17) is 0 Å². The number of aldehydes is 1. The molecule has 2 unspecified atom stereocenters. The molecule has 0 spiro atoms. The summed E-state index contributed by atoms with van der Waals surface area (Å²) in [5.41, 5.74) is 0.834. The molecule has 0 fully saturated rings. The summed E-state index contributed by atoms with van der Waals surface area (Å²) in [7, 11) is 1.18. The first kappa shape index (κ1) is 13.9. The molecular formula is C13H15NO4. The van der Waals surface area contributed by atoms with Gasteiger partial charge < -0.3 is 14.4 Å². The van der Waals surface area contributed by atoms with Crippen LogP contribution in [-0.4, -0.2) is 36.7 Å². The molecule has 1 amide bonds. The van der Waals surface area contributed by atoms with Crippen LogP contribution in [0.1, 0.15) is 18.5 Å². The van der Waals surface area contributed by atoms with E-state index in [9.17, 15) is 14.4 Å². The van der Waals surface area contributed by atoms with E-state index >= 15 is 0 Å². The Labute approximate surface area is 105 Å². The Bertz CT molecular complexity index is 418. The summed E-state index contributed by atoms with van der Waals surface area (Å²) < 4.78 is 4.50. The van der Waals surface area contributed by atoms with Gasteiger partial charge in [-0.25, -0.2) is 4.79 Å². The summed E-state index contributed by atoms with van der Waals surface area (Å²) in [5.74, 6) is -0.750. The zero-order valence-electron chi connectivity index (χ0n) is 10.3. The van der Waals surface area contributed by atoms with Crippen molar-refractivity contribution in [2.75, 3.05) is 7.11 Å². The monoisotopic (exact) mass is 249 g/mol. The van der Waals surface area contributed by atoms with E-state index in [2.05, 4.69) is 4.74 Å². The van der Waals surface area contributed by atoms with Crippen LogP contribution in [0.2, 0.25) is 0 Å². The maximum atomic E-state index is 11.4. The van der Waals surface area contributed by atoms with E-state index < -0.39 is 18.1 Å². The molecule has 96 valence electrons. The lowest BCUT2D eigenvalue weighted by Crippen LogP contribution is -2.43. The van der Waals surface area contributed by atoms with Crippen LogP contribution >= 0.6 is 0 Å². The van der Waals surface area contributed by atoms with Crippen LogP contribution in [0.4, 0.5) is 0 Å². The third kappa shape index (κ3) is 2.94. The summed E-state index contributed by atoms with van der Waals surface area (Å²) in [4.78, 5) is 34.6. The Balaban J connectivity index is 2.98. The molecule has 5 heteroatoms. The fourth-order valence-electron chi connectivity index (χ4n) is 1.67. The van der Waals surface area contributed by atoms with Crippen molar-refractivity contribution in [3.05, 3.63) is 35.9 Å². The van der Waals surface area contributed by atoms with Gasteiger partial charge in [0.25, 0.3) is 0 Å². The van der Waals surface area contributed by atoms with Gasteiger partial charge in [0, 0.05) is 0 Å². The molecule has 0 radical (unpaired) electrons. The van der Waals surface area contributed by atoms with Gasteiger partial charge in [0.2, 0.25) is 6.41 Å². The molecule has 0 aliphatic heterocycles. The third-order valence-corrected chi connectivity index (χ3v) is 2.74. The first-order chi connectivity index (χ1) is 8.65. The molecule has 0 aliphatic carbocycles. The maximum absolute atomic E-state index is 11.4. The molecule has 0 heterocycles. The lowest BCUT2D eigenvalue weighted by molar-refractivity contribution is -0.152. The van der Waals surface area contributed by atoms with E-state index in [1.165, 1.54) is 7.11 Å². The van der Waals surface area contributed by atoms with Crippen molar-refractivity contribution in [2.24, 2.45) is 0 Å². The van der Waals surface area contributed by atoms with Crippen LogP contribution in [0, 0.1) is 0 Å². The second-order valence-corrected chi connectivity index (χ2v) is 3.74. The number of benzene rings is 1. The van der Waals surface area contributed by atoms with Crippen molar-refractivity contribution in [2.45, 2.75) is 19.0 Å². The Kier molecular flexibility index (Phi) is 5.05. The van der Waals surface area contributed by atoms with Crippen molar-refractivity contribution < 1.29 is 19.1 Å². The third-order valence-electron chi connectivity index (χ3n) is 2.74. The zero-order chi connectivity index (χ0) is 13.5. The summed E-state index contributed by atoms with van der Waals surface area (Å²) in [6, 6.07) is 7.52. The summed E-state index contributed by atoms with van der Waals surface area (Å²) >= 11 is 0. The maximum Gasteiger partial charge on any atom is 0.336 e. The highest BCUT2D eigenvalue weighted by Gasteiger charge is 2.29. The minimum Gasteiger partial charge on any atom is -0.467 e. The fraction of sp³-hybridized carbons (Fsp3) is 0.308. The standard InChI is InChI=1S/C13H15NO4/c1-10(11-6-4-3-5-7-11)14(9-16)12(8-15)13(17)18-2/h3-10,12H,1-2H3. The average molecular weight is 249 g/mol. The van der Waals surface area contributed by atoms with E-state index in [0.717, 1.165) is 10.5 Å². The molecular weight excluding hydrogens is 234 g/mol. The topological polar surface area (TPSA) is 63.7 Å². The summed E-state index contributed by atoms with van der Waals surface area (Å²) in [6.45, 7) is 1.74. The lowest BCUT2D eigenvalue weighted by atomic mass is 10.1. The zero-order valence-corrected chi connectivity index (χ0v) is 10.3. The first-order valence-corrected chi connectivity index (χ1v) is 5.46. The Hall–Kier alpha value is -2.17. The van der Waals surface area contributed by atoms with Crippen LogP contribution in [0.25, 0.3) is 0 Å². The van der Waals surface area contributed by atoms with Gasteiger partial charge in [-0.15, -0.1) is 0 Å². The van der Waals surface area contributed by atoms with Crippen LogP contribution in [-0.2, 0) is 19.1 Å². The molecule has 1 aromatic carbocycles. The normalized spacial score (nSPS) is 13.2. The fourth-order valence-corrected chi connectivity index (χ4v) is 1.67. The first-order valence-electron chi connectivity index (χ1n) is 5.46. The smallest absolute Gasteiger partial charge is 0.336 e. The minimum atomic E-state index is -1.22. The van der Waals surface area contributed by atoms with Crippen molar-refractivity contribution in [3.63, 3.8) is 0 Å². The number of amides is 1. The molecule has 0 aromatic heterocycles. The van der Waals surface area contributed by atoms with E-state index in [1.54, 1.807) is 6.92 Å². The van der Waals surface area contributed by atoms with Gasteiger partial charge >= 0.3 is 5.97 Å². The largest absolute Gasteiger partial charge is 0.467 e. The summed E-state index contributed by atoms with van der Waals surface area (Å²) in [6.07, 6.45) is 0.882. The van der Waals surface area contributed by atoms with Gasteiger partial charge in [-0.2, -0.15) is 0 Å². The number of ether oxygens (including phenoxy) is 1. The molecule has 18 heavy (non-hydrogen) atoms. The number of nitrogens with zero attached hydrogens (tertiary/aromatic N) is 1. The molecule has 5 nitrogen and oxygen atoms in total. The second-order valence-electron chi connectivity index (χ2n) is 3.74.